The highest BCUT2D eigenvalue weighted by atomic mass is 16.5. The van der Waals surface area contributed by atoms with Gasteiger partial charge < -0.3 is 10.1 Å². The summed E-state index contributed by atoms with van der Waals surface area (Å²) >= 11 is 0. The van der Waals surface area contributed by atoms with Crippen molar-refractivity contribution in [2.75, 3.05) is 32.8 Å². The van der Waals surface area contributed by atoms with Crippen LogP contribution < -0.4 is 5.32 Å². The summed E-state index contributed by atoms with van der Waals surface area (Å²) in [4.78, 5) is 20.2. The van der Waals surface area contributed by atoms with E-state index in [0.29, 0.717) is 11.1 Å². The number of carbonyl (C=O) groups excluding carboxylic acids is 1. The molecule has 1 N–H and O–H groups in total. The fraction of sp³-hybridized carbons (Fsp3) is 0.321. The third-order valence-electron chi connectivity index (χ3n) is 6.02. The zero-order chi connectivity index (χ0) is 24.1. The second-order valence-electron chi connectivity index (χ2n) is 8.97. The van der Waals surface area contributed by atoms with Crippen molar-refractivity contribution in [2.24, 2.45) is 0 Å². The summed E-state index contributed by atoms with van der Waals surface area (Å²) in [5.41, 5.74) is 6.51. The van der Waals surface area contributed by atoms with Crippen LogP contribution in [0.5, 0.6) is 0 Å². The summed E-state index contributed by atoms with van der Waals surface area (Å²) in [5, 5.41) is 12.8. The molecule has 34 heavy (non-hydrogen) atoms. The van der Waals surface area contributed by atoms with E-state index < -0.39 is 0 Å². The lowest BCUT2D eigenvalue weighted by Crippen LogP contribution is -2.46. The van der Waals surface area contributed by atoms with Crippen LogP contribution in [0.2, 0.25) is 0 Å². The molecule has 3 aromatic rings. The van der Waals surface area contributed by atoms with E-state index in [4.69, 9.17) is 4.74 Å². The molecule has 1 aliphatic rings. The number of nitrogens with zero attached hydrogens (tertiary/aromatic N) is 3. The number of morpholine rings is 1. The van der Waals surface area contributed by atoms with E-state index >= 15 is 0 Å². The summed E-state index contributed by atoms with van der Waals surface area (Å²) in [6, 6.07) is 17.7. The molecule has 1 aliphatic heterocycles. The van der Waals surface area contributed by atoms with Crippen LogP contribution in [0.4, 0.5) is 0 Å². The number of hydrogen-bond donors (Lipinski definition) is 1. The van der Waals surface area contributed by atoms with Gasteiger partial charge in [0.05, 0.1) is 30.5 Å². The first-order valence-corrected chi connectivity index (χ1v) is 11.6. The largest absolute Gasteiger partial charge is 0.379 e. The minimum atomic E-state index is -0.137. The molecule has 0 spiro atoms. The highest BCUT2D eigenvalue weighted by molar-refractivity contribution is 5.97. The van der Waals surface area contributed by atoms with Gasteiger partial charge in [0.15, 0.2) is 0 Å². The number of nitrogens with one attached hydrogen (secondary N) is 1. The second kappa shape index (κ2) is 10.6. The number of nitriles is 1. The Balaban J connectivity index is 1.68. The van der Waals surface area contributed by atoms with Gasteiger partial charge >= 0.3 is 0 Å². The number of benzene rings is 2. The van der Waals surface area contributed by atoms with Gasteiger partial charge in [-0.05, 0) is 67.8 Å². The minimum Gasteiger partial charge on any atom is -0.379 e. The van der Waals surface area contributed by atoms with E-state index in [9.17, 15) is 10.1 Å². The second-order valence-corrected chi connectivity index (χ2v) is 8.97. The van der Waals surface area contributed by atoms with Crippen molar-refractivity contribution in [1.29, 1.82) is 5.26 Å². The quantitative estimate of drug-likeness (QED) is 0.599. The van der Waals surface area contributed by atoms with Crippen molar-refractivity contribution in [3.8, 4) is 28.5 Å². The molecule has 174 valence electrons. The molecule has 0 bridgehead atoms. The monoisotopic (exact) mass is 454 g/mol. The van der Waals surface area contributed by atoms with Gasteiger partial charge in [0, 0.05) is 43.0 Å². The zero-order valence-corrected chi connectivity index (χ0v) is 20.0. The van der Waals surface area contributed by atoms with Gasteiger partial charge in [-0.1, -0.05) is 23.8 Å². The maximum absolute atomic E-state index is 13.3. The normalized spacial score (nSPS) is 14.9. The van der Waals surface area contributed by atoms with Crippen LogP contribution in [0, 0.1) is 25.2 Å². The van der Waals surface area contributed by atoms with Gasteiger partial charge in [-0.3, -0.25) is 14.7 Å². The molecule has 1 amide bonds. The average molecular weight is 455 g/mol. The van der Waals surface area contributed by atoms with Crippen molar-refractivity contribution in [1.82, 2.24) is 15.2 Å². The molecule has 6 heteroatoms. The summed E-state index contributed by atoms with van der Waals surface area (Å²) in [6.07, 6.45) is 1.82. The Morgan fingerprint density at radius 1 is 1.09 bits per heavy atom. The summed E-state index contributed by atoms with van der Waals surface area (Å²) in [6.45, 7) is 10.0. The van der Waals surface area contributed by atoms with Crippen molar-refractivity contribution in [3.63, 3.8) is 0 Å². The molecular weight excluding hydrogens is 424 g/mol. The van der Waals surface area contributed by atoms with E-state index in [1.54, 1.807) is 0 Å². The van der Waals surface area contributed by atoms with E-state index in [-0.39, 0.29) is 11.9 Å². The summed E-state index contributed by atoms with van der Waals surface area (Å²) in [7, 11) is 0. The van der Waals surface area contributed by atoms with Crippen molar-refractivity contribution in [2.45, 2.75) is 26.8 Å². The Morgan fingerprint density at radius 3 is 2.53 bits per heavy atom. The van der Waals surface area contributed by atoms with Gasteiger partial charge in [0.1, 0.15) is 0 Å². The molecule has 0 radical (unpaired) electrons. The van der Waals surface area contributed by atoms with Crippen LogP contribution >= 0.6 is 0 Å². The number of carbonyl (C=O) groups is 1. The highest BCUT2D eigenvalue weighted by Gasteiger charge is 2.18. The van der Waals surface area contributed by atoms with Crippen LogP contribution in [0.1, 0.15) is 34.0 Å². The molecule has 1 atom stereocenters. The first kappa shape index (κ1) is 23.6. The molecule has 0 unspecified atom stereocenters. The van der Waals surface area contributed by atoms with Gasteiger partial charge in [0.25, 0.3) is 5.91 Å². The first-order chi connectivity index (χ1) is 16.4. The van der Waals surface area contributed by atoms with Crippen molar-refractivity contribution in [3.05, 3.63) is 77.0 Å². The Kier molecular flexibility index (Phi) is 7.36. The Morgan fingerprint density at radius 2 is 1.82 bits per heavy atom. The van der Waals surface area contributed by atoms with Crippen molar-refractivity contribution >= 4 is 5.91 Å². The third-order valence-corrected chi connectivity index (χ3v) is 6.02. The smallest absolute Gasteiger partial charge is 0.251 e. The lowest BCUT2D eigenvalue weighted by Gasteiger charge is -2.29. The number of aryl methyl sites for hydroxylation is 2. The Bertz CT molecular complexity index is 1210. The lowest BCUT2D eigenvalue weighted by atomic mass is 9.93. The number of hydrogen-bond acceptors (Lipinski definition) is 5. The molecule has 2 aromatic carbocycles. The third kappa shape index (κ3) is 5.69. The fourth-order valence-corrected chi connectivity index (χ4v) is 4.22. The predicted molar refractivity (Wildman–Crippen MR) is 133 cm³/mol. The van der Waals surface area contributed by atoms with E-state index in [0.717, 1.165) is 66.4 Å². The lowest BCUT2D eigenvalue weighted by molar-refractivity contribution is 0.0342. The first-order valence-electron chi connectivity index (χ1n) is 11.6. The van der Waals surface area contributed by atoms with Gasteiger partial charge in [-0.25, -0.2) is 0 Å². The number of ether oxygens (including phenoxy) is 1. The molecule has 0 aliphatic carbocycles. The van der Waals surface area contributed by atoms with Gasteiger partial charge in [-0.15, -0.1) is 0 Å². The molecule has 6 nitrogen and oxygen atoms in total. The van der Waals surface area contributed by atoms with Crippen LogP contribution in [0.15, 0.2) is 54.7 Å². The zero-order valence-electron chi connectivity index (χ0n) is 20.0. The molecule has 1 aromatic heterocycles. The molecule has 2 heterocycles. The van der Waals surface area contributed by atoms with E-state index in [2.05, 4.69) is 21.3 Å². The van der Waals surface area contributed by atoms with Gasteiger partial charge in [-0.2, -0.15) is 5.26 Å². The Hall–Kier alpha value is -3.53. The van der Waals surface area contributed by atoms with Crippen molar-refractivity contribution < 1.29 is 9.53 Å². The predicted octanol–water partition coefficient (Wildman–Crippen LogP) is 4.35. The average Bonchev–Trinajstić information content (AvgIpc) is 2.84. The molecule has 1 fully saturated rings. The number of aromatic nitrogens is 1. The number of pyridine rings is 1. The van der Waals surface area contributed by atoms with Crippen LogP contribution in [0.25, 0.3) is 22.4 Å². The van der Waals surface area contributed by atoms with Crippen LogP contribution in [0.3, 0.4) is 0 Å². The molecular formula is C28H30N4O2. The van der Waals surface area contributed by atoms with Gasteiger partial charge in [0.2, 0.25) is 0 Å². The molecule has 4 rings (SSSR count). The standard InChI is InChI=1S/C28H30N4O2/c1-19-4-6-22(16-29)26(12-19)23-13-24(27-7-5-20(2)17-30-27)15-25(14-23)28(33)31-21(3)18-32-8-10-34-11-9-32/h4-7,12-15,17,21H,8-11,18H2,1-3H3,(H,31,33)/t21-/m1/s1. The summed E-state index contributed by atoms with van der Waals surface area (Å²) < 4.78 is 5.42. The highest BCUT2D eigenvalue weighted by Crippen LogP contribution is 2.30. The maximum Gasteiger partial charge on any atom is 0.251 e. The Labute approximate surface area is 201 Å². The molecule has 1 saturated heterocycles. The summed E-state index contributed by atoms with van der Waals surface area (Å²) in [5.74, 6) is -0.137. The topological polar surface area (TPSA) is 78.3 Å². The SMILES string of the molecule is Cc1ccc(-c2cc(C(=O)N[C@H](C)CN3CCOCC3)cc(-c3cc(C)ccc3C#N)c2)nc1. The maximum atomic E-state index is 13.3. The van der Waals surface area contributed by atoms with E-state index in [1.165, 1.54) is 0 Å². The van der Waals surface area contributed by atoms with E-state index in [1.807, 2.05) is 75.5 Å². The number of amides is 1. The van der Waals surface area contributed by atoms with Crippen LogP contribution in [-0.2, 0) is 4.74 Å². The fourth-order valence-electron chi connectivity index (χ4n) is 4.22. The minimum absolute atomic E-state index is 0.0103. The molecule has 0 saturated carbocycles. The number of rotatable bonds is 6. The van der Waals surface area contributed by atoms with Crippen LogP contribution in [-0.4, -0.2) is 54.7 Å².